The van der Waals surface area contributed by atoms with Crippen LogP contribution >= 0.6 is 0 Å². The molecule has 0 bridgehead atoms. The number of hydrogen-bond acceptors (Lipinski definition) is 3. The molecule has 0 saturated heterocycles. The number of aryl methyl sites for hydroxylation is 1. The fourth-order valence-corrected chi connectivity index (χ4v) is 2.50. The van der Waals surface area contributed by atoms with Crippen molar-refractivity contribution in [2.24, 2.45) is 5.92 Å². The van der Waals surface area contributed by atoms with Crippen LogP contribution in [-0.4, -0.2) is 20.7 Å². The lowest BCUT2D eigenvalue weighted by Gasteiger charge is -2.10. The highest BCUT2D eigenvalue weighted by Gasteiger charge is 2.13. The van der Waals surface area contributed by atoms with E-state index in [-0.39, 0.29) is 5.91 Å². The molecule has 1 aromatic carbocycles. The van der Waals surface area contributed by atoms with Gasteiger partial charge >= 0.3 is 0 Å². The molecule has 5 heteroatoms. The zero-order valence-corrected chi connectivity index (χ0v) is 13.6. The first-order chi connectivity index (χ1) is 11.0. The lowest BCUT2D eigenvalue weighted by Crippen LogP contribution is -2.17. The maximum absolute atomic E-state index is 12.1. The van der Waals surface area contributed by atoms with Crippen molar-refractivity contribution in [3.05, 3.63) is 48.2 Å². The Morgan fingerprint density at radius 2 is 2.00 bits per heavy atom. The van der Waals surface area contributed by atoms with E-state index in [0.29, 0.717) is 24.0 Å². The SMILES string of the molecule is Cc1cc(NC(=O)CC(C)C)n(-c2ccc3ccccc3n2)n1. The van der Waals surface area contributed by atoms with E-state index in [1.807, 2.05) is 63.2 Å². The lowest BCUT2D eigenvalue weighted by molar-refractivity contribution is -0.116. The van der Waals surface area contributed by atoms with Crippen LogP contribution in [0.3, 0.4) is 0 Å². The molecular formula is C18H20N4O. The van der Waals surface area contributed by atoms with E-state index in [2.05, 4.69) is 15.4 Å². The number of fused-ring (bicyclic) bond motifs is 1. The average Bonchev–Trinajstić information content (AvgIpc) is 2.86. The van der Waals surface area contributed by atoms with Gasteiger partial charge in [-0.15, -0.1) is 0 Å². The van der Waals surface area contributed by atoms with Gasteiger partial charge in [-0.1, -0.05) is 32.0 Å². The third kappa shape index (κ3) is 3.39. The highest BCUT2D eigenvalue weighted by molar-refractivity contribution is 5.90. The highest BCUT2D eigenvalue weighted by Crippen LogP contribution is 2.19. The molecule has 0 atom stereocenters. The molecule has 3 rings (SSSR count). The average molecular weight is 308 g/mol. The summed E-state index contributed by atoms with van der Waals surface area (Å²) < 4.78 is 1.68. The van der Waals surface area contributed by atoms with Gasteiger partial charge in [-0.05, 0) is 31.0 Å². The van der Waals surface area contributed by atoms with E-state index < -0.39 is 0 Å². The van der Waals surface area contributed by atoms with Gasteiger partial charge in [-0.3, -0.25) is 4.79 Å². The Balaban J connectivity index is 1.96. The van der Waals surface area contributed by atoms with Crippen LogP contribution in [0.4, 0.5) is 5.82 Å². The van der Waals surface area contributed by atoms with Crippen LogP contribution < -0.4 is 5.32 Å². The predicted molar refractivity (Wildman–Crippen MR) is 91.7 cm³/mol. The smallest absolute Gasteiger partial charge is 0.225 e. The van der Waals surface area contributed by atoms with Crippen molar-refractivity contribution >= 4 is 22.6 Å². The van der Waals surface area contributed by atoms with Crippen molar-refractivity contribution in [3.63, 3.8) is 0 Å². The van der Waals surface area contributed by atoms with Crippen LogP contribution in [0.15, 0.2) is 42.5 Å². The van der Waals surface area contributed by atoms with Crippen molar-refractivity contribution in [2.75, 3.05) is 5.32 Å². The summed E-state index contributed by atoms with van der Waals surface area (Å²) in [6, 6.07) is 13.7. The first kappa shape index (κ1) is 15.2. The summed E-state index contributed by atoms with van der Waals surface area (Å²) in [5.74, 6) is 1.64. The van der Waals surface area contributed by atoms with Gasteiger partial charge in [0, 0.05) is 17.9 Å². The summed E-state index contributed by atoms with van der Waals surface area (Å²) in [6.45, 7) is 5.94. The van der Waals surface area contributed by atoms with Crippen molar-refractivity contribution in [2.45, 2.75) is 27.2 Å². The standard InChI is InChI=1S/C18H20N4O/c1-12(2)10-18(23)20-17-11-13(3)21-22(17)16-9-8-14-6-4-5-7-15(14)19-16/h4-9,11-12H,10H2,1-3H3,(H,20,23). The molecule has 0 aliphatic rings. The first-order valence-electron chi connectivity index (χ1n) is 7.75. The Hall–Kier alpha value is -2.69. The second kappa shape index (κ2) is 6.20. The molecular weight excluding hydrogens is 288 g/mol. The zero-order valence-electron chi connectivity index (χ0n) is 13.6. The third-order valence-electron chi connectivity index (χ3n) is 3.49. The second-order valence-corrected chi connectivity index (χ2v) is 6.09. The number of aromatic nitrogens is 3. The molecule has 0 aliphatic carbocycles. The van der Waals surface area contributed by atoms with Crippen LogP contribution in [0.2, 0.25) is 0 Å². The van der Waals surface area contributed by atoms with Gasteiger partial charge in [0.05, 0.1) is 11.2 Å². The maximum Gasteiger partial charge on any atom is 0.225 e. The molecule has 2 aromatic heterocycles. The van der Waals surface area contributed by atoms with Crippen molar-refractivity contribution in [1.82, 2.24) is 14.8 Å². The summed E-state index contributed by atoms with van der Waals surface area (Å²) in [6.07, 6.45) is 0.482. The number of hydrogen-bond donors (Lipinski definition) is 1. The number of anilines is 1. The largest absolute Gasteiger partial charge is 0.311 e. The molecule has 0 unspecified atom stereocenters. The Kier molecular flexibility index (Phi) is 4.10. The molecule has 0 aliphatic heterocycles. The van der Waals surface area contributed by atoms with Crippen molar-refractivity contribution in [1.29, 1.82) is 0 Å². The number of rotatable bonds is 4. The molecule has 1 amide bonds. The summed E-state index contributed by atoms with van der Waals surface area (Å²) in [5, 5.41) is 8.46. The number of benzene rings is 1. The lowest BCUT2D eigenvalue weighted by atomic mass is 10.1. The van der Waals surface area contributed by atoms with Crippen LogP contribution in [0, 0.1) is 12.8 Å². The van der Waals surface area contributed by atoms with E-state index in [0.717, 1.165) is 16.6 Å². The minimum absolute atomic E-state index is 0.0121. The van der Waals surface area contributed by atoms with Gasteiger partial charge < -0.3 is 5.32 Å². The quantitative estimate of drug-likeness (QED) is 0.799. The molecule has 3 aromatic rings. The monoisotopic (exact) mass is 308 g/mol. The van der Waals surface area contributed by atoms with Crippen LogP contribution in [0.25, 0.3) is 16.7 Å². The highest BCUT2D eigenvalue weighted by atomic mass is 16.1. The van der Waals surface area contributed by atoms with Gasteiger partial charge in [0.2, 0.25) is 5.91 Å². The topological polar surface area (TPSA) is 59.8 Å². The van der Waals surface area contributed by atoms with E-state index in [4.69, 9.17) is 0 Å². The van der Waals surface area contributed by atoms with Gasteiger partial charge in [0.15, 0.2) is 5.82 Å². The second-order valence-electron chi connectivity index (χ2n) is 6.09. The first-order valence-corrected chi connectivity index (χ1v) is 7.75. The number of amides is 1. The van der Waals surface area contributed by atoms with E-state index in [1.165, 1.54) is 0 Å². The number of pyridine rings is 1. The van der Waals surface area contributed by atoms with E-state index in [9.17, 15) is 4.79 Å². The molecule has 5 nitrogen and oxygen atoms in total. The molecule has 0 fully saturated rings. The minimum Gasteiger partial charge on any atom is -0.311 e. The number of nitrogens with one attached hydrogen (secondary N) is 1. The summed E-state index contributed by atoms with van der Waals surface area (Å²) >= 11 is 0. The van der Waals surface area contributed by atoms with Gasteiger partial charge in [0.25, 0.3) is 0 Å². The predicted octanol–water partition coefficient (Wildman–Crippen LogP) is 3.71. The Bertz CT molecular complexity index is 851. The number of para-hydroxylation sites is 1. The number of carbonyl (C=O) groups excluding carboxylic acids is 1. The van der Waals surface area contributed by atoms with Crippen molar-refractivity contribution < 1.29 is 4.79 Å². The molecule has 0 saturated carbocycles. The molecule has 2 heterocycles. The van der Waals surface area contributed by atoms with Crippen LogP contribution in [0.5, 0.6) is 0 Å². The van der Waals surface area contributed by atoms with Crippen LogP contribution in [-0.2, 0) is 4.79 Å². The normalized spacial score (nSPS) is 11.1. The fourth-order valence-electron chi connectivity index (χ4n) is 2.50. The van der Waals surface area contributed by atoms with Crippen molar-refractivity contribution in [3.8, 4) is 5.82 Å². The molecule has 1 N–H and O–H groups in total. The molecule has 23 heavy (non-hydrogen) atoms. The Morgan fingerprint density at radius 3 is 2.78 bits per heavy atom. The Labute approximate surface area is 135 Å². The number of nitrogens with zero attached hydrogens (tertiary/aromatic N) is 3. The fraction of sp³-hybridized carbons (Fsp3) is 0.278. The molecule has 0 spiro atoms. The zero-order chi connectivity index (χ0) is 16.4. The summed E-state index contributed by atoms with van der Waals surface area (Å²) in [7, 11) is 0. The maximum atomic E-state index is 12.1. The van der Waals surface area contributed by atoms with Gasteiger partial charge in [-0.2, -0.15) is 9.78 Å². The molecule has 118 valence electrons. The summed E-state index contributed by atoms with van der Waals surface area (Å²) in [4.78, 5) is 16.7. The third-order valence-corrected chi connectivity index (χ3v) is 3.49. The van der Waals surface area contributed by atoms with E-state index >= 15 is 0 Å². The summed E-state index contributed by atoms with van der Waals surface area (Å²) in [5.41, 5.74) is 1.73. The number of carbonyl (C=O) groups is 1. The Morgan fingerprint density at radius 1 is 1.22 bits per heavy atom. The molecule has 0 radical (unpaired) electrons. The van der Waals surface area contributed by atoms with Gasteiger partial charge in [-0.25, -0.2) is 4.98 Å². The van der Waals surface area contributed by atoms with Gasteiger partial charge in [0.1, 0.15) is 5.82 Å². The van der Waals surface area contributed by atoms with Crippen LogP contribution in [0.1, 0.15) is 26.0 Å². The van der Waals surface area contributed by atoms with E-state index in [1.54, 1.807) is 4.68 Å². The minimum atomic E-state index is -0.0121.